The molecule has 94 valence electrons. The zero-order valence-corrected chi connectivity index (χ0v) is 10.3. The topological polar surface area (TPSA) is 71.2 Å². The highest BCUT2D eigenvalue weighted by molar-refractivity contribution is 5.74. The Morgan fingerprint density at radius 3 is 2.65 bits per heavy atom. The normalized spacial score (nSPS) is 20.4. The summed E-state index contributed by atoms with van der Waals surface area (Å²) in [6.45, 7) is 4.17. The lowest BCUT2D eigenvalue weighted by Crippen LogP contribution is -2.42. The van der Waals surface area contributed by atoms with E-state index in [2.05, 4.69) is 15.0 Å². The van der Waals surface area contributed by atoms with Crippen LogP contribution in [0.2, 0.25) is 0 Å². The summed E-state index contributed by atoms with van der Waals surface area (Å²) in [5, 5.41) is 13.2. The van der Waals surface area contributed by atoms with Crippen LogP contribution in [0.25, 0.3) is 0 Å². The Labute approximate surface area is 100 Å². The van der Waals surface area contributed by atoms with Gasteiger partial charge in [-0.1, -0.05) is 0 Å². The maximum Gasteiger partial charge on any atom is 0.309 e. The molecule has 2 heterocycles. The number of carboxylic acid groups (broad SMARTS) is 1. The molecule has 0 aromatic carbocycles. The molecule has 2 rings (SSSR count). The minimum absolute atomic E-state index is 0.559. The standard InChI is InChI=1S/C11H18N4O2/c1-11(10(16)17)3-5-15(6-4-11)7-9-12-8-13-14(9)2/h8H,3-7H2,1-2H3,(H,16,17). The molecule has 0 aliphatic carbocycles. The van der Waals surface area contributed by atoms with Gasteiger partial charge >= 0.3 is 5.97 Å². The van der Waals surface area contributed by atoms with E-state index in [9.17, 15) is 4.79 Å². The third kappa shape index (κ3) is 2.46. The number of likely N-dealkylation sites (tertiary alicyclic amines) is 1. The highest BCUT2D eigenvalue weighted by Gasteiger charge is 2.36. The molecule has 6 heteroatoms. The molecule has 0 saturated carbocycles. The number of nitrogens with zero attached hydrogens (tertiary/aromatic N) is 4. The summed E-state index contributed by atoms with van der Waals surface area (Å²) in [5.41, 5.74) is -0.559. The Morgan fingerprint density at radius 2 is 2.18 bits per heavy atom. The maximum atomic E-state index is 11.1. The van der Waals surface area contributed by atoms with Crippen LogP contribution >= 0.6 is 0 Å². The van der Waals surface area contributed by atoms with Crippen molar-refractivity contribution in [1.82, 2.24) is 19.7 Å². The van der Waals surface area contributed by atoms with Gasteiger partial charge in [0.15, 0.2) is 0 Å². The van der Waals surface area contributed by atoms with Gasteiger partial charge in [-0.3, -0.25) is 14.4 Å². The van der Waals surface area contributed by atoms with Crippen molar-refractivity contribution < 1.29 is 9.90 Å². The molecule has 6 nitrogen and oxygen atoms in total. The summed E-state index contributed by atoms with van der Waals surface area (Å²) in [6.07, 6.45) is 2.93. The number of hydrogen-bond donors (Lipinski definition) is 1. The van der Waals surface area contributed by atoms with Gasteiger partial charge in [0, 0.05) is 7.05 Å². The molecule has 0 unspecified atom stereocenters. The van der Waals surface area contributed by atoms with Gasteiger partial charge in [0.2, 0.25) is 0 Å². The van der Waals surface area contributed by atoms with Crippen molar-refractivity contribution in [3.05, 3.63) is 12.2 Å². The lowest BCUT2D eigenvalue weighted by molar-refractivity contribution is -0.150. The molecule has 1 N–H and O–H groups in total. The van der Waals surface area contributed by atoms with E-state index < -0.39 is 11.4 Å². The molecule has 1 aliphatic heterocycles. The van der Waals surface area contributed by atoms with Crippen molar-refractivity contribution in [2.24, 2.45) is 12.5 Å². The van der Waals surface area contributed by atoms with Crippen LogP contribution in [0.15, 0.2) is 6.33 Å². The van der Waals surface area contributed by atoms with Gasteiger partial charge < -0.3 is 5.11 Å². The van der Waals surface area contributed by atoms with E-state index in [0.717, 1.165) is 25.5 Å². The van der Waals surface area contributed by atoms with E-state index in [-0.39, 0.29) is 0 Å². The number of aryl methyl sites for hydroxylation is 1. The average molecular weight is 238 g/mol. The highest BCUT2D eigenvalue weighted by Crippen LogP contribution is 2.31. The van der Waals surface area contributed by atoms with E-state index in [1.807, 2.05) is 14.0 Å². The number of aromatic nitrogens is 3. The second-order valence-electron chi connectivity index (χ2n) is 4.94. The van der Waals surface area contributed by atoms with Gasteiger partial charge in [-0.25, -0.2) is 4.98 Å². The second kappa shape index (κ2) is 4.44. The molecule has 1 aromatic rings. The monoisotopic (exact) mass is 238 g/mol. The molecule has 0 bridgehead atoms. The van der Waals surface area contributed by atoms with Crippen LogP contribution in [0.1, 0.15) is 25.6 Å². The Bertz CT molecular complexity index is 407. The fourth-order valence-electron chi connectivity index (χ4n) is 2.08. The molecular weight excluding hydrogens is 220 g/mol. The molecule has 1 aliphatic rings. The lowest BCUT2D eigenvalue weighted by atomic mass is 9.80. The van der Waals surface area contributed by atoms with Crippen molar-refractivity contribution in [2.75, 3.05) is 13.1 Å². The number of rotatable bonds is 3. The molecule has 1 aromatic heterocycles. The summed E-state index contributed by atoms with van der Waals surface area (Å²) < 4.78 is 1.75. The van der Waals surface area contributed by atoms with E-state index in [1.165, 1.54) is 0 Å². The predicted octanol–water partition coefficient (Wildman–Crippen LogP) is 0.502. The van der Waals surface area contributed by atoms with Crippen LogP contribution in [0.5, 0.6) is 0 Å². The molecule has 0 atom stereocenters. The molecular formula is C11H18N4O2. The van der Waals surface area contributed by atoms with Crippen molar-refractivity contribution in [3.8, 4) is 0 Å². The first-order valence-corrected chi connectivity index (χ1v) is 5.80. The zero-order chi connectivity index (χ0) is 12.5. The highest BCUT2D eigenvalue weighted by atomic mass is 16.4. The summed E-state index contributed by atoms with van der Waals surface area (Å²) >= 11 is 0. The van der Waals surface area contributed by atoms with Gasteiger partial charge in [0.25, 0.3) is 0 Å². The Kier molecular flexibility index (Phi) is 3.15. The van der Waals surface area contributed by atoms with Gasteiger partial charge in [-0.2, -0.15) is 5.10 Å². The third-order valence-corrected chi connectivity index (χ3v) is 3.65. The summed E-state index contributed by atoms with van der Waals surface area (Å²) in [4.78, 5) is 17.5. The lowest BCUT2D eigenvalue weighted by Gasteiger charge is -2.36. The number of aliphatic carboxylic acids is 1. The Hall–Kier alpha value is -1.43. The van der Waals surface area contributed by atoms with Crippen molar-refractivity contribution in [2.45, 2.75) is 26.3 Å². The van der Waals surface area contributed by atoms with Crippen molar-refractivity contribution in [3.63, 3.8) is 0 Å². The first-order chi connectivity index (χ1) is 8.01. The predicted molar refractivity (Wildman–Crippen MR) is 61.3 cm³/mol. The van der Waals surface area contributed by atoms with E-state index in [0.29, 0.717) is 12.8 Å². The second-order valence-corrected chi connectivity index (χ2v) is 4.94. The van der Waals surface area contributed by atoms with Crippen LogP contribution in [-0.2, 0) is 18.4 Å². The SMILES string of the molecule is Cn1ncnc1CN1CCC(C)(C(=O)O)CC1. The largest absolute Gasteiger partial charge is 0.481 e. The summed E-state index contributed by atoms with van der Waals surface area (Å²) in [5.74, 6) is 0.236. The van der Waals surface area contributed by atoms with E-state index >= 15 is 0 Å². The summed E-state index contributed by atoms with van der Waals surface area (Å²) in [6, 6.07) is 0. The van der Waals surface area contributed by atoms with Crippen LogP contribution < -0.4 is 0 Å². The molecule has 1 saturated heterocycles. The minimum atomic E-state index is -0.684. The van der Waals surface area contributed by atoms with Crippen molar-refractivity contribution >= 4 is 5.97 Å². The molecule has 0 radical (unpaired) electrons. The molecule has 0 spiro atoms. The number of piperidine rings is 1. The average Bonchev–Trinajstić information content (AvgIpc) is 2.68. The fraction of sp³-hybridized carbons (Fsp3) is 0.727. The zero-order valence-electron chi connectivity index (χ0n) is 10.3. The minimum Gasteiger partial charge on any atom is -0.481 e. The van der Waals surface area contributed by atoms with Gasteiger partial charge in [0.05, 0.1) is 12.0 Å². The fourth-order valence-corrected chi connectivity index (χ4v) is 2.08. The maximum absolute atomic E-state index is 11.1. The first-order valence-electron chi connectivity index (χ1n) is 5.80. The summed E-state index contributed by atoms with van der Waals surface area (Å²) in [7, 11) is 1.87. The number of carbonyl (C=O) groups is 1. The first kappa shape index (κ1) is 12.0. The molecule has 17 heavy (non-hydrogen) atoms. The quantitative estimate of drug-likeness (QED) is 0.830. The van der Waals surface area contributed by atoms with Crippen molar-refractivity contribution in [1.29, 1.82) is 0 Å². The van der Waals surface area contributed by atoms with Gasteiger partial charge in [-0.05, 0) is 32.9 Å². The molecule has 0 amide bonds. The smallest absolute Gasteiger partial charge is 0.309 e. The number of carboxylic acids is 1. The number of hydrogen-bond acceptors (Lipinski definition) is 4. The Balaban J connectivity index is 1.92. The third-order valence-electron chi connectivity index (χ3n) is 3.65. The van der Waals surface area contributed by atoms with Crippen LogP contribution in [0.3, 0.4) is 0 Å². The van der Waals surface area contributed by atoms with E-state index in [4.69, 9.17) is 5.11 Å². The van der Waals surface area contributed by atoms with Gasteiger partial charge in [-0.15, -0.1) is 0 Å². The Morgan fingerprint density at radius 1 is 1.53 bits per heavy atom. The van der Waals surface area contributed by atoms with Gasteiger partial charge in [0.1, 0.15) is 12.2 Å². The molecule has 1 fully saturated rings. The van der Waals surface area contributed by atoms with Crippen LogP contribution in [0.4, 0.5) is 0 Å². The van der Waals surface area contributed by atoms with Crippen LogP contribution in [0, 0.1) is 5.41 Å². The van der Waals surface area contributed by atoms with Crippen LogP contribution in [-0.4, -0.2) is 43.8 Å². The van der Waals surface area contributed by atoms with E-state index in [1.54, 1.807) is 11.0 Å².